The molecule has 0 fully saturated rings. The second kappa shape index (κ2) is 20.5. The summed E-state index contributed by atoms with van der Waals surface area (Å²) in [6, 6.07) is 0. The minimum atomic E-state index is 1.20. The molecule has 0 spiro atoms. The van der Waals surface area contributed by atoms with E-state index in [1.54, 1.807) is 0 Å². The molecule has 0 saturated heterocycles. The summed E-state index contributed by atoms with van der Waals surface area (Å²) in [7, 11) is 0. The SMILES string of the molecule is C=CCCCCCCCCCCCCCCCCCCC=C. The molecular weight excluding hydrogens is 264 g/mol. The quantitative estimate of drug-likeness (QED) is 0.166. The van der Waals surface area contributed by atoms with Gasteiger partial charge in [-0.25, -0.2) is 0 Å². The van der Waals surface area contributed by atoms with Crippen LogP contribution >= 0.6 is 0 Å². The van der Waals surface area contributed by atoms with E-state index in [9.17, 15) is 0 Å². The number of hydrogen-bond donors (Lipinski definition) is 0. The fourth-order valence-corrected chi connectivity index (χ4v) is 3.05. The zero-order valence-electron chi connectivity index (χ0n) is 15.3. The van der Waals surface area contributed by atoms with E-state index in [1.807, 2.05) is 12.2 Å². The molecule has 0 rings (SSSR count). The summed E-state index contributed by atoms with van der Waals surface area (Å²) in [5, 5.41) is 0. The van der Waals surface area contributed by atoms with E-state index in [-0.39, 0.29) is 0 Å². The van der Waals surface area contributed by atoms with Gasteiger partial charge in [-0.15, -0.1) is 13.2 Å². The lowest BCUT2D eigenvalue weighted by Gasteiger charge is -2.03. The van der Waals surface area contributed by atoms with Gasteiger partial charge in [0.2, 0.25) is 0 Å². The van der Waals surface area contributed by atoms with Gasteiger partial charge in [0.05, 0.1) is 0 Å². The van der Waals surface area contributed by atoms with E-state index in [0.717, 1.165) is 0 Å². The van der Waals surface area contributed by atoms with E-state index in [0.29, 0.717) is 0 Å². The highest BCUT2D eigenvalue weighted by molar-refractivity contribution is 4.65. The average Bonchev–Trinajstić information content (AvgIpc) is 2.54. The molecule has 0 nitrogen and oxygen atoms in total. The van der Waals surface area contributed by atoms with Crippen molar-refractivity contribution in [3.63, 3.8) is 0 Å². The molecule has 0 aromatic carbocycles. The minimum Gasteiger partial charge on any atom is -0.103 e. The van der Waals surface area contributed by atoms with Gasteiger partial charge in [0.25, 0.3) is 0 Å². The standard InChI is InChI=1S/C22H42/c1-3-5-7-9-11-13-15-17-19-21-22-20-18-16-14-12-10-8-6-4-2/h3-4H,1-2,5-22H2. The van der Waals surface area contributed by atoms with E-state index in [4.69, 9.17) is 0 Å². The first-order chi connectivity index (χ1) is 10.9. The van der Waals surface area contributed by atoms with Crippen LogP contribution in [-0.4, -0.2) is 0 Å². The van der Waals surface area contributed by atoms with Crippen LogP contribution in [0.25, 0.3) is 0 Å². The molecule has 0 atom stereocenters. The Balaban J connectivity index is 2.94. The molecule has 0 aliphatic rings. The van der Waals surface area contributed by atoms with Crippen molar-refractivity contribution in [2.24, 2.45) is 0 Å². The Morgan fingerprint density at radius 1 is 0.318 bits per heavy atom. The van der Waals surface area contributed by atoms with Crippen LogP contribution in [0.2, 0.25) is 0 Å². The van der Waals surface area contributed by atoms with Gasteiger partial charge >= 0.3 is 0 Å². The topological polar surface area (TPSA) is 0 Å². The average molecular weight is 307 g/mol. The van der Waals surface area contributed by atoms with Gasteiger partial charge < -0.3 is 0 Å². The van der Waals surface area contributed by atoms with Crippen LogP contribution in [0.3, 0.4) is 0 Å². The van der Waals surface area contributed by atoms with Gasteiger partial charge in [0.1, 0.15) is 0 Å². The van der Waals surface area contributed by atoms with Crippen LogP contribution in [0.15, 0.2) is 25.3 Å². The molecule has 0 aromatic rings. The molecular formula is C22H42. The highest BCUT2D eigenvalue weighted by atomic mass is 14.0. The first-order valence-corrected chi connectivity index (χ1v) is 10.1. The van der Waals surface area contributed by atoms with Crippen molar-refractivity contribution in [3.8, 4) is 0 Å². The lowest BCUT2D eigenvalue weighted by molar-refractivity contribution is 0.528. The normalized spacial score (nSPS) is 10.7. The van der Waals surface area contributed by atoms with Crippen molar-refractivity contribution in [1.29, 1.82) is 0 Å². The molecule has 0 unspecified atom stereocenters. The number of unbranched alkanes of at least 4 members (excludes halogenated alkanes) is 17. The van der Waals surface area contributed by atoms with E-state index >= 15 is 0 Å². The Labute approximate surface area is 141 Å². The lowest BCUT2D eigenvalue weighted by atomic mass is 10.0. The van der Waals surface area contributed by atoms with Crippen molar-refractivity contribution >= 4 is 0 Å². The second-order valence-electron chi connectivity index (χ2n) is 6.81. The largest absolute Gasteiger partial charge is 0.103 e. The highest BCUT2D eigenvalue weighted by Crippen LogP contribution is 2.14. The van der Waals surface area contributed by atoms with E-state index in [2.05, 4.69) is 13.2 Å². The van der Waals surface area contributed by atoms with E-state index < -0.39 is 0 Å². The Kier molecular flexibility index (Phi) is 20.0. The highest BCUT2D eigenvalue weighted by Gasteiger charge is 1.94. The Morgan fingerprint density at radius 2 is 0.500 bits per heavy atom. The molecule has 0 heteroatoms. The molecule has 0 aromatic heterocycles. The van der Waals surface area contributed by atoms with E-state index in [1.165, 1.54) is 116 Å². The molecule has 0 saturated carbocycles. The third kappa shape index (κ3) is 19.5. The predicted octanol–water partition coefficient (Wildman–Crippen LogP) is 8.38. The van der Waals surface area contributed by atoms with Crippen LogP contribution in [0.4, 0.5) is 0 Å². The van der Waals surface area contributed by atoms with Crippen molar-refractivity contribution < 1.29 is 0 Å². The fourth-order valence-electron chi connectivity index (χ4n) is 3.05. The molecule has 0 bridgehead atoms. The van der Waals surface area contributed by atoms with Gasteiger partial charge in [-0.2, -0.15) is 0 Å². The number of allylic oxidation sites excluding steroid dienone is 2. The van der Waals surface area contributed by atoms with Crippen molar-refractivity contribution in [2.45, 2.75) is 116 Å². The molecule has 0 aliphatic carbocycles. The summed E-state index contributed by atoms with van der Waals surface area (Å²) >= 11 is 0. The third-order valence-corrected chi connectivity index (χ3v) is 4.57. The van der Waals surface area contributed by atoms with Gasteiger partial charge in [0.15, 0.2) is 0 Å². The number of rotatable bonds is 19. The summed E-state index contributed by atoms with van der Waals surface area (Å²) in [6.07, 6.45) is 29.5. The van der Waals surface area contributed by atoms with Crippen molar-refractivity contribution in [1.82, 2.24) is 0 Å². The summed E-state index contributed by atoms with van der Waals surface area (Å²) in [4.78, 5) is 0. The van der Waals surface area contributed by atoms with Crippen LogP contribution in [0, 0.1) is 0 Å². The lowest BCUT2D eigenvalue weighted by Crippen LogP contribution is -1.83. The summed E-state index contributed by atoms with van der Waals surface area (Å²) in [5.74, 6) is 0. The maximum atomic E-state index is 3.77. The summed E-state index contributed by atoms with van der Waals surface area (Å²) in [5.41, 5.74) is 0. The van der Waals surface area contributed by atoms with Gasteiger partial charge in [-0.05, 0) is 25.7 Å². The summed E-state index contributed by atoms with van der Waals surface area (Å²) < 4.78 is 0. The predicted molar refractivity (Wildman–Crippen MR) is 104 cm³/mol. The van der Waals surface area contributed by atoms with Crippen LogP contribution in [0.5, 0.6) is 0 Å². The first kappa shape index (κ1) is 21.5. The van der Waals surface area contributed by atoms with Crippen LogP contribution in [0.1, 0.15) is 116 Å². The Morgan fingerprint density at radius 3 is 0.682 bits per heavy atom. The first-order valence-electron chi connectivity index (χ1n) is 10.1. The molecule has 0 amide bonds. The van der Waals surface area contributed by atoms with Gasteiger partial charge in [-0.3, -0.25) is 0 Å². The van der Waals surface area contributed by atoms with Gasteiger partial charge in [0, 0.05) is 0 Å². The minimum absolute atomic E-state index is 1.20. The number of hydrogen-bond acceptors (Lipinski definition) is 0. The molecule has 130 valence electrons. The fraction of sp³-hybridized carbons (Fsp3) is 0.818. The molecule has 22 heavy (non-hydrogen) atoms. The maximum absolute atomic E-state index is 3.77. The third-order valence-electron chi connectivity index (χ3n) is 4.57. The van der Waals surface area contributed by atoms with Crippen LogP contribution in [-0.2, 0) is 0 Å². The molecule has 0 aliphatic heterocycles. The van der Waals surface area contributed by atoms with Gasteiger partial charge in [-0.1, -0.05) is 102 Å². The van der Waals surface area contributed by atoms with Crippen molar-refractivity contribution in [2.75, 3.05) is 0 Å². The smallest absolute Gasteiger partial charge is 0.0353 e. The molecule has 0 radical (unpaired) electrons. The maximum Gasteiger partial charge on any atom is -0.0353 e. The molecule has 0 N–H and O–H groups in total. The Hall–Kier alpha value is -0.520. The second-order valence-corrected chi connectivity index (χ2v) is 6.81. The van der Waals surface area contributed by atoms with Crippen molar-refractivity contribution in [3.05, 3.63) is 25.3 Å². The monoisotopic (exact) mass is 306 g/mol. The summed E-state index contributed by atoms with van der Waals surface area (Å²) in [6.45, 7) is 7.54. The zero-order valence-corrected chi connectivity index (χ0v) is 15.3. The van der Waals surface area contributed by atoms with Crippen LogP contribution < -0.4 is 0 Å². The molecule has 0 heterocycles. The zero-order chi connectivity index (χ0) is 16.1. The Bertz CT molecular complexity index is 192.